The lowest BCUT2D eigenvalue weighted by molar-refractivity contribution is 0.0926. The minimum atomic E-state index is -0.351. The van der Waals surface area contributed by atoms with Gasteiger partial charge in [0.25, 0.3) is 11.8 Å². The van der Waals surface area contributed by atoms with Gasteiger partial charge >= 0.3 is 0 Å². The summed E-state index contributed by atoms with van der Waals surface area (Å²) < 4.78 is 2.07. The normalized spacial score (nSPS) is 12.6. The van der Waals surface area contributed by atoms with Crippen molar-refractivity contribution in [1.29, 1.82) is 0 Å². The van der Waals surface area contributed by atoms with E-state index in [1.165, 1.54) is 4.90 Å². The molecule has 226 valence electrons. The van der Waals surface area contributed by atoms with Gasteiger partial charge in [0.15, 0.2) is 17.5 Å². The summed E-state index contributed by atoms with van der Waals surface area (Å²) in [6.07, 6.45) is 0. The number of aromatic nitrogens is 4. The molecule has 0 bridgehead atoms. The monoisotopic (exact) mass is 619 g/mol. The van der Waals surface area contributed by atoms with E-state index in [1.807, 2.05) is 115 Å². The average molecular weight is 620 g/mol. The van der Waals surface area contributed by atoms with E-state index in [1.54, 1.807) is 18.2 Å². The van der Waals surface area contributed by atoms with E-state index in [2.05, 4.69) is 22.8 Å². The van der Waals surface area contributed by atoms with Crippen molar-refractivity contribution >= 4 is 39.3 Å². The number of amides is 2. The van der Waals surface area contributed by atoms with Crippen molar-refractivity contribution in [2.75, 3.05) is 4.90 Å². The number of anilines is 1. The maximum Gasteiger partial charge on any atom is 0.268 e. The lowest BCUT2D eigenvalue weighted by Crippen LogP contribution is -2.29. The van der Waals surface area contributed by atoms with E-state index in [0.29, 0.717) is 40.0 Å². The van der Waals surface area contributed by atoms with Gasteiger partial charge in [0.05, 0.1) is 33.5 Å². The molecular weight excluding hydrogens is 594 g/mol. The zero-order chi connectivity index (χ0) is 32.2. The molecule has 3 heterocycles. The van der Waals surface area contributed by atoms with Crippen LogP contribution in [-0.2, 0) is 0 Å². The number of nitrogens with zero attached hydrogens (tertiary/aromatic N) is 5. The Morgan fingerprint density at radius 3 is 1.67 bits per heavy atom. The number of hydrogen-bond acceptors (Lipinski definition) is 5. The number of carbonyl (C=O) groups excluding carboxylic acids is 2. The predicted octanol–water partition coefficient (Wildman–Crippen LogP) is 8.77. The molecule has 48 heavy (non-hydrogen) atoms. The van der Waals surface area contributed by atoms with Crippen molar-refractivity contribution in [3.05, 3.63) is 163 Å². The number of imide groups is 1. The van der Waals surface area contributed by atoms with Crippen molar-refractivity contribution in [2.24, 2.45) is 0 Å². The molecular formula is C41H25N5O2. The summed E-state index contributed by atoms with van der Waals surface area (Å²) in [6.45, 7) is 0. The number of fused-ring (bicyclic) bond motifs is 4. The molecule has 2 aromatic heterocycles. The van der Waals surface area contributed by atoms with E-state index >= 15 is 0 Å². The van der Waals surface area contributed by atoms with Crippen LogP contribution in [0.2, 0.25) is 0 Å². The summed E-state index contributed by atoms with van der Waals surface area (Å²) in [7, 11) is 0. The third kappa shape index (κ3) is 4.33. The van der Waals surface area contributed by atoms with Gasteiger partial charge in [-0.2, -0.15) is 0 Å². The van der Waals surface area contributed by atoms with Gasteiger partial charge in [-0.15, -0.1) is 0 Å². The summed E-state index contributed by atoms with van der Waals surface area (Å²) in [5.74, 6) is 0.992. The molecule has 0 atom stereocenters. The molecule has 1 aliphatic rings. The lowest BCUT2D eigenvalue weighted by Gasteiger charge is -2.14. The highest BCUT2D eigenvalue weighted by atomic mass is 16.2. The first-order valence-corrected chi connectivity index (χ1v) is 15.6. The predicted molar refractivity (Wildman–Crippen MR) is 188 cm³/mol. The maximum atomic E-state index is 14.1. The van der Waals surface area contributed by atoms with Crippen LogP contribution >= 0.6 is 0 Å². The Kier molecular flexibility index (Phi) is 6.30. The van der Waals surface area contributed by atoms with Crippen molar-refractivity contribution < 1.29 is 9.59 Å². The molecule has 0 aliphatic carbocycles. The van der Waals surface area contributed by atoms with Crippen LogP contribution in [0.4, 0.5) is 5.69 Å². The molecule has 0 saturated heterocycles. The van der Waals surface area contributed by atoms with Gasteiger partial charge in [0.1, 0.15) is 0 Å². The second kappa shape index (κ2) is 11.0. The van der Waals surface area contributed by atoms with Crippen LogP contribution in [-0.4, -0.2) is 31.3 Å². The molecule has 7 heteroatoms. The van der Waals surface area contributed by atoms with Gasteiger partial charge in [-0.25, -0.2) is 19.9 Å². The highest BCUT2D eigenvalue weighted by molar-refractivity contribution is 6.35. The second-order valence-corrected chi connectivity index (χ2v) is 11.6. The van der Waals surface area contributed by atoms with Crippen molar-refractivity contribution in [2.45, 2.75) is 0 Å². The van der Waals surface area contributed by atoms with Gasteiger partial charge in [-0.3, -0.25) is 9.59 Å². The number of para-hydroxylation sites is 2. The third-order valence-electron chi connectivity index (χ3n) is 8.78. The number of carbonyl (C=O) groups is 2. The average Bonchev–Trinajstić information content (AvgIpc) is 3.62. The summed E-state index contributed by atoms with van der Waals surface area (Å²) in [6, 6.07) is 48.5. The molecule has 0 spiro atoms. The molecule has 0 radical (unpaired) electrons. The van der Waals surface area contributed by atoms with Gasteiger partial charge in [-0.05, 0) is 36.4 Å². The maximum absolute atomic E-state index is 14.1. The van der Waals surface area contributed by atoms with Crippen LogP contribution in [0.15, 0.2) is 152 Å². The van der Waals surface area contributed by atoms with Gasteiger partial charge in [-0.1, -0.05) is 115 Å². The molecule has 1 aliphatic heterocycles. The Morgan fingerprint density at radius 2 is 1.00 bits per heavy atom. The van der Waals surface area contributed by atoms with Crippen LogP contribution in [0.25, 0.3) is 61.7 Å². The Balaban J connectivity index is 1.27. The fourth-order valence-electron chi connectivity index (χ4n) is 6.57. The Morgan fingerprint density at radius 1 is 0.438 bits per heavy atom. The minimum absolute atomic E-state index is 0.337. The molecule has 7 nitrogen and oxygen atoms in total. The summed E-state index contributed by atoms with van der Waals surface area (Å²) in [5.41, 5.74) is 6.28. The minimum Gasteiger partial charge on any atom is -0.308 e. The molecule has 8 aromatic rings. The standard InChI is InChI=1S/C41H25N5O2/c47-40-32-20-12-22-34(36(32)41(48)45(40)29-17-8-3-9-18-29)46-33-21-11-10-19-30(33)31-24-23-28(25-35(31)46)39-43-37(26-13-4-1-5-14-26)42-38(44-39)27-15-6-2-7-16-27/h1-25H. The highest BCUT2D eigenvalue weighted by Crippen LogP contribution is 2.39. The molecule has 2 amide bonds. The van der Waals surface area contributed by atoms with E-state index in [9.17, 15) is 9.59 Å². The fraction of sp³-hybridized carbons (Fsp3) is 0. The lowest BCUT2D eigenvalue weighted by atomic mass is 10.1. The number of rotatable bonds is 5. The molecule has 0 saturated carbocycles. The largest absolute Gasteiger partial charge is 0.308 e. The summed E-state index contributed by atoms with van der Waals surface area (Å²) in [4.78, 5) is 43.8. The third-order valence-corrected chi connectivity index (χ3v) is 8.78. The fourth-order valence-corrected chi connectivity index (χ4v) is 6.57. The molecule has 0 fully saturated rings. The van der Waals surface area contributed by atoms with Gasteiger partial charge < -0.3 is 4.57 Å². The first kappa shape index (κ1) is 27.6. The van der Waals surface area contributed by atoms with E-state index in [-0.39, 0.29) is 11.8 Å². The quantitative estimate of drug-likeness (QED) is 0.180. The van der Waals surface area contributed by atoms with E-state index < -0.39 is 0 Å². The first-order valence-electron chi connectivity index (χ1n) is 15.6. The SMILES string of the molecule is O=C1c2cccc(-n3c4ccccc4c4ccc(-c5nc(-c6ccccc6)nc(-c6ccccc6)n5)cc43)c2C(=O)N1c1ccccc1. The summed E-state index contributed by atoms with van der Waals surface area (Å²) in [5, 5.41) is 2.03. The molecule has 0 unspecified atom stereocenters. The van der Waals surface area contributed by atoms with Crippen molar-refractivity contribution in [3.63, 3.8) is 0 Å². The van der Waals surface area contributed by atoms with Gasteiger partial charge in [0, 0.05) is 27.5 Å². The second-order valence-electron chi connectivity index (χ2n) is 11.6. The van der Waals surface area contributed by atoms with Crippen molar-refractivity contribution in [1.82, 2.24) is 19.5 Å². The first-order chi connectivity index (χ1) is 23.7. The molecule has 6 aromatic carbocycles. The Labute approximate surface area is 275 Å². The van der Waals surface area contributed by atoms with Gasteiger partial charge in [0.2, 0.25) is 0 Å². The number of hydrogen-bond donors (Lipinski definition) is 0. The number of benzene rings is 6. The van der Waals surface area contributed by atoms with Crippen LogP contribution in [0.1, 0.15) is 20.7 Å². The van der Waals surface area contributed by atoms with Crippen LogP contribution < -0.4 is 4.90 Å². The van der Waals surface area contributed by atoms with Crippen LogP contribution in [0, 0.1) is 0 Å². The zero-order valence-corrected chi connectivity index (χ0v) is 25.5. The smallest absolute Gasteiger partial charge is 0.268 e. The van der Waals surface area contributed by atoms with E-state index in [0.717, 1.165) is 38.5 Å². The highest BCUT2D eigenvalue weighted by Gasteiger charge is 2.39. The van der Waals surface area contributed by atoms with Crippen LogP contribution in [0.3, 0.4) is 0 Å². The topological polar surface area (TPSA) is 81.0 Å². The zero-order valence-electron chi connectivity index (χ0n) is 25.5. The van der Waals surface area contributed by atoms with Crippen LogP contribution in [0.5, 0.6) is 0 Å². The molecule has 9 rings (SSSR count). The summed E-state index contributed by atoms with van der Waals surface area (Å²) >= 11 is 0. The van der Waals surface area contributed by atoms with Crippen molar-refractivity contribution in [3.8, 4) is 39.9 Å². The van der Waals surface area contributed by atoms with E-state index in [4.69, 9.17) is 15.0 Å². The molecule has 0 N–H and O–H groups in total. The Bertz CT molecular complexity index is 2490. The Hall–Kier alpha value is -6.73.